The molecule has 1 aromatic carbocycles. The zero-order chi connectivity index (χ0) is 13.4. The van der Waals surface area contributed by atoms with Crippen LogP contribution < -0.4 is 5.73 Å². The lowest BCUT2D eigenvalue weighted by Crippen LogP contribution is -2.14. The van der Waals surface area contributed by atoms with Crippen molar-refractivity contribution in [3.05, 3.63) is 35.1 Å². The van der Waals surface area contributed by atoms with Crippen molar-refractivity contribution in [2.45, 2.75) is 5.75 Å². The summed E-state index contributed by atoms with van der Waals surface area (Å²) < 4.78 is 13.2. The maximum atomic E-state index is 13.2. The molecule has 2 N–H and O–H groups in total. The summed E-state index contributed by atoms with van der Waals surface area (Å²) in [6.45, 7) is 1.33. The molecule has 0 saturated heterocycles. The predicted octanol–water partition coefficient (Wildman–Crippen LogP) is 1.93. The topological polar surface area (TPSA) is 29.3 Å². The van der Waals surface area contributed by atoms with Gasteiger partial charge < -0.3 is 10.6 Å². The Balaban J connectivity index is 2.63. The van der Waals surface area contributed by atoms with E-state index in [0.717, 1.165) is 29.2 Å². The van der Waals surface area contributed by atoms with Crippen LogP contribution in [0.4, 0.5) is 4.39 Å². The fourth-order valence-electron chi connectivity index (χ4n) is 1.37. The van der Waals surface area contributed by atoms with Crippen LogP contribution in [0.25, 0.3) is 0 Å². The SMILES string of the molecule is CN(C)CCSCc1ccc(F)cc1C#CCN. The molecule has 0 aliphatic carbocycles. The molecule has 0 amide bonds. The van der Waals surface area contributed by atoms with Crippen molar-refractivity contribution in [1.29, 1.82) is 0 Å². The average Bonchev–Trinajstić information content (AvgIpc) is 2.33. The Morgan fingerprint density at radius 1 is 1.39 bits per heavy atom. The van der Waals surface area contributed by atoms with Crippen LogP contribution in [0.3, 0.4) is 0 Å². The first-order valence-electron chi connectivity index (χ1n) is 5.83. The molecule has 0 unspecified atom stereocenters. The van der Waals surface area contributed by atoms with Crippen LogP contribution in [0, 0.1) is 17.7 Å². The molecule has 98 valence electrons. The zero-order valence-corrected chi connectivity index (χ0v) is 11.7. The van der Waals surface area contributed by atoms with E-state index >= 15 is 0 Å². The average molecular weight is 266 g/mol. The van der Waals surface area contributed by atoms with Gasteiger partial charge in [0.15, 0.2) is 0 Å². The summed E-state index contributed by atoms with van der Waals surface area (Å²) in [7, 11) is 4.10. The lowest BCUT2D eigenvalue weighted by molar-refractivity contribution is 0.437. The molecule has 0 heterocycles. The lowest BCUT2D eigenvalue weighted by Gasteiger charge is -2.09. The second-order valence-electron chi connectivity index (χ2n) is 4.16. The first kappa shape index (κ1) is 15.0. The number of hydrogen-bond donors (Lipinski definition) is 1. The van der Waals surface area contributed by atoms with E-state index in [2.05, 4.69) is 30.8 Å². The lowest BCUT2D eigenvalue weighted by atomic mass is 10.1. The molecular weight excluding hydrogens is 247 g/mol. The van der Waals surface area contributed by atoms with Crippen molar-refractivity contribution in [2.24, 2.45) is 5.73 Å². The Bertz CT molecular complexity index is 435. The Hall–Kier alpha value is -1.02. The smallest absolute Gasteiger partial charge is 0.124 e. The minimum Gasteiger partial charge on any atom is -0.320 e. The zero-order valence-electron chi connectivity index (χ0n) is 10.9. The number of nitrogens with two attached hydrogens (primary N) is 1. The van der Waals surface area contributed by atoms with Crippen LogP contribution >= 0.6 is 11.8 Å². The molecule has 0 aliphatic heterocycles. The van der Waals surface area contributed by atoms with E-state index < -0.39 is 0 Å². The van der Waals surface area contributed by atoms with Crippen molar-refractivity contribution in [3.8, 4) is 11.8 Å². The van der Waals surface area contributed by atoms with Gasteiger partial charge in [0.1, 0.15) is 5.82 Å². The number of nitrogens with zero attached hydrogens (tertiary/aromatic N) is 1. The van der Waals surface area contributed by atoms with Crippen molar-refractivity contribution >= 4 is 11.8 Å². The summed E-state index contributed by atoms with van der Waals surface area (Å²) in [5.41, 5.74) is 7.16. The summed E-state index contributed by atoms with van der Waals surface area (Å²) in [5, 5.41) is 0. The van der Waals surface area contributed by atoms with Gasteiger partial charge in [-0.15, -0.1) is 0 Å². The summed E-state index contributed by atoms with van der Waals surface area (Å²) in [4.78, 5) is 2.15. The van der Waals surface area contributed by atoms with E-state index in [1.807, 2.05) is 11.8 Å². The van der Waals surface area contributed by atoms with Gasteiger partial charge >= 0.3 is 0 Å². The van der Waals surface area contributed by atoms with Gasteiger partial charge in [-0.3, -0.25) is 0 Å². The summed E-state index contributed by atoms with van der Waals surface area (Å²) in [5.74, 6) is 7.35. The van der Waals surface area contributed by atoms with Gasteiger partial charge in [0.2, 0.25) is 0 Å². The molecule has 0 saturated carbocycles. The number of hydrogen-bond acceptors (Lipinski definition) is 3. The monoisotopic (exact) mass is 266 g/mol. The van der Waals surface area contributed by atoms with Gasteiger partial charge in [-0.1, -0.05) is 17.9 Å². The number of halogens is 1. The third kappa shape index (κ3) is 5.54. The van der Waals surface area contributed by atoms with Crippen LogP contribution in [0.2, 0.25) is 0 Å². The second-order valence-corrected chi connectivity index (χ2v) is 5.27. The number of rotatable bonds is 5. The maximum Gasteiger partial charge on any atom is 0.124 e. The highest BCUT2D eigenvalue weighted by atomic mass is 32.2. The summed E-state index contributed by atoms with van der Waals surface area (Å²) in [6, 6.07) is 4.76. The van der Waals surface area contributed by atoms with E-state index in [0.29, 0.717) is 6.54 Å². The van der Waals surface area contributed by atoms with Crippen LogP contribution in [-0.4, -0.2) is 37.8 Å². The Morgan fingerprint density at radius 2 is 2.17 bits per heavy atom. The Kier molecular flexibility index (Phi) is 6.81. The fourth-order valence-corrected chi connectivity index (χ4v) is 2.48. The molecule has 18 heavy (non-hydrogen) atoms. The Morgan fingerprint density at radius 3 is 2.83 bits per heavy atom. The maximum absolute atomic E-state index is 13.2. The molecule has 0 atom stereocenters. The quantitative estimate of drug-likeness (QED) is 0.652. The van der Waals surface area contributed by atoms with Crippen molar-refractivity contribution in [2.75, 3.05) is 32.9 Å². The van der Waals surface area contributed by atoms with E-state index in [9.17, 15) is 4.39 Å². The molecule has 0 radical (unpaired) electrons. The van der Waals surface area contributed by atoms with Gasteiger partial charge in [-0.05, 0) is 31.8 Å². The number of benzene rings is 1. The molecule has 0 aromatic heterocycles. The van der Waals surface area contributed by atoms with Crippen molar-refractivity contribution in [3.63, 3.8) is 0 Å². The third-order valence-electron chi connectivity index (χ3n) is 2.34. The van der Waals surface area contributed by atoms with Gasteiger partial charge in [0.05, 0.1) is 6.54 Å². The standard InChI is InChI=1S/C14H19FN2S/c1-17(2)8-9-18-11-13-5-6-14(15)10-12(13)4-3-7-16/h5-6,10H,7-9,11,16H2,1-2H3. The Labute approximate surface area is 113 Å². The molecule has 0 fully saturated rings. The summed E-state index contributed by atoms with van der Waals surface area (Å²) >= 11 is 1.83. The van der Waals surface area contributed by atoms with Crippen molar-refractivity contribution < 1.29 is 4.39 Å². The van der Waals surface area contributed by atoms with Crippen molar-refractivity contribution in [1.82, 2.24) is 4.90 Å². The van der Waals surface area contributed by atoms with E-state index in [1.165, 1.54) is 12.1 Å². The molecule has 0 aliphatic rings. The highest BCUT2D eigenvalue weighted by molar-refractivity contribution is 7.98. The normalized spacial score (nSPS) is 10.3. The van der Waals surface area contributed by atoms with Gasteiger partial charge in [-0.2, -0.15) is 11.8 Å². The van der Waals surface area contributed by atoms with Gasteiger partial charge in [0.25, 0.3) is 0 Å². The molecule has 0 bridgehead atoms. The van der Waals surface area contributed by atoms with Gasteiger partial charge in [0, 0.05) is 23.6 Å². The minimum atomic E-state index is -0.252. The molecule has 1 rings (SSSR count). The van der Waals surface area contributed by atoms with E-state index in [1.54, 1.807) is 6.07 Å². The summed E-state index contributed by atoms with van der Waals surface area (Å²) in [6.07, 6.45) is 0. The second kappa shape index (κ2) is 8.15. The minimum absolute atomic E-state index is 0.252. The van der Waals surface area contributed by atoms with Crippen LogP contribution in [0.5, 0.6) is 0 Å². The molecule has 0 spiro atoms. The predicted molar refractivity (Wildman–Crippen MR) is 77.0 cm³/mol. The number of thioether (sulfide) groups is 1. The molecule has 1 aromatic rings. The first-order chi connectivity index (χ1) is 8.63. The molecule has 2 nitrogen and oxygen atoms in total. The largest absolute Gasteiger partial charge is 0.320 e. The highest BCUT2D eigenvalue weighted by Gasteiger charge is 2.02. The van der Waals surface area contributed by atoms with E-state index in [4.69, 9.17) is 5.73 Å². The van der Waals surface area contributed by atoms with Gasteiger partial charge in [-0.25, -0.2) is 4.39 Å². The first-order valence-corrected chi connectivity index (χ1v) is 6.99. The fraction of sp³-hybridized carbons (Fsp3) is 0.429. The highest BCUT2D eigenvalue weighted by Crippen LogP contribution is 2.17. The van der Waals surface area contributed by atoms with Crippen LogP contribution in [-0.2, 0) is 5.75 Å². The van der Waals surface area contributed by atoms with E-state index in [-0.39, 0.29) is 5.82 Å². The molecular formula is C14H19FN2S. The van der Waals surface area contributed by atoms with Crippen LogP contribution in [0.15, 0.2) is 18.2 Å². The van der Waals surface area contributed by atoms with Crippen LogP contribution in [0.1, 0.15) is 11.1 Å². The third-order valence-corrected chi connectivity index (χ3v) is 3.32. The molecule has 4 heteroatoms.